The number of fused-ring (bicyclic) bond motifs is 1. The topological polar surface area (TPSA) is 95.1 Å². The molecule has 0 atom stereocenters. The minimum Gasteiger partial charge on any atom is -0.493 e. The van der Waals surface area contributed by atoms with Crippen LogP contribution < -0.4 is 29.6 Å². The maximum Gasteiger partial charge on any atom is 0.240 e. The summed E-state index contributed by atoms with van der Waals surface area (Å²) in [6, 6.07) is 10.2. The van der Waals surface area contributed by atoms with Gasteiger partial charge in [-0.1, -0.05) is 0 Å². The van der Waals surface area contributed by atoms with Crippen molar-refractivity contribution in [3.8, 4) is 23.0 Å². The van der Waals surface area contributed by atoms with Gasteiger partial charge in [-0.15, -0.1) is 0 Å². The molecule has 2 amide bonds. The molecule has 1 saturated carbocycles. The van der Waals surface area contributed by atoms with E-state index in [9.17, 15) is 9.59 Å². The van der Waals surface area contributed by atoms with Gasteiger partial charge in [-0.3, -0.25) is 9.59 Å². The van der Waals surface area contributed by atoms with E-state index in [1.165, 1.54) is 14.2 Å². The Bertz CT molecular complexity index is 899. The van der Waals surface area contributed by atoms with Crippen molar-refractivity contribution >= 4 is 23.2 Å². The first-order chi connectivity index (χ1) is 14.1. The molecule has 0 spiro atoms. The van der Waals surface area contributed by atoms with Crippen LogP contribution in [0.1, 0.15) is 12.8 Å². The van der Waals surface area contributed by atoms with E-state index in [1.807, 2.05) is 0 Å². The van der Waals surface area contributed by atoms with Gasteiger partial charge in [-0.25, -0.2) is 0 Å². The minimum absolute atomic E-state index is 0.341. The molecule has 0 bridgehead atoms. The average molecular weight is 398 g/mol. The second-order valence-corrected chi connectivity index (χ2v) is 6.92. The smallest absolute Gasteiger partial charge is 0.240 e. The van der Waals surface area contributed by atoms with Crippen LogP contribution >= 0.6 is 0 Å². The monoisotopic (exact) mass is 398 g/mol. The van der Waals surface area contributed by atoms with E-state index < -0.39 is 5.41 Å². The summed E-state index contributed by atoms with van der Waals surface area (Å²) in [5, 5.41) is 5.63. The van der Waals surface area contributed by atoms with Crippen LogP contribution in [0, 0.1) is 5.41 Å². The molecule has 0 saturated heterocycles. The lowest BCUT2D eigenvalue weighted by atomic mass is 10.0. The molecule has 2 aromatic carbocycles. The highest BCUT2D eigenvalue weighted by Gasteiger charge is 2.56. The van der Waals surface area contributed by atoms with E-state index >= 15 is 0 Å². The van der Waals surface area contributed by atoms with Crippen molar-refractivity contribution in [3.63, 3.8) is 0 Å². The number of carbonyl (C=O) groups is 2. The number of benzene rings is 2. The fraction of sp³-hybridized carbons (Fsp3) is 0.333. The second kappa shape index (κ2) is 7.54. The zero-order valence-electron chi connectivity index (χ0n) is 16.2. The largest absolute Gasteiger partial charge is 0.493 e. The molecule has 0 radical (unpaired) electrons. The third-order valence-electron chi connectivity index (χ3n) is 5.06. The molecule has 1 aliphatic heterocycles. The maximum absolute atomic E-state index is 12.8. The van der Waals surface area contributed by atoms with Crippen LogP contribution in [0.3, 0.4) is 0 Å². The number of amides is 2. The standard InChI is InChI=1S/C21H22N2O6/c1-26-15-5-3-13(11-17(15)27-2)22-19(24)21(7-8-21)20(25)23-14-4-6-16-18(12-14)29-10-9-28-16/h3-6,11-12H,7-10H2,1-2H3,(H,22,24)(H,23,25). The van der Waals surface area contributed by atoms with Crippen LogP contribution in [0.25, 0.3) is 0 Å². The number of hydrogen-bond acceptors (Lipinski definition) is 6. The van der Waals surface area contributed by atoms with Gasteiger partial charge in [0.1, 0.15) is 18.6 Å². The van der Waals surface area contributed by atoms with E-state index in [0.29, 0.717) is 60.4 Å². The van der Waals surface area contributed by atoms with Crippen LogP contribution in [0.5, 0.6) is 23.0 Å². The summed E-state index contributed by atoms with van der Waals surface area (Å²) in [6.07, 6.45) is 0.977. The van der Waals surface area contributed by atoms with Gasteiger partial charge in [-0.2, -0.15) is 0 Å². The normalized spacial score (nSPS) is 15.8. The lowest BCUT2D eigenvalue weighted by molar-refractivity contribution is -0.131. The van der Waals surface area contributed by atoms with Gasteiger partial charge in [-0.05, 0) is 37.1 Å². The zero-order chi connectivity index (χ0) is 20.4. The average Bonchev–Trinajstić information content (AvgIpc) is 3.56. The van der Waals surface area contributed by atoms with E-state index in [1.54, 1.807) is 36.4 Å². The third-order valence-corrected chi connectivity index (χ3v) is 5.06. The molecule has 2 N–H and O–H groups in total. The van der Waals surface area contributed by atoms with Gasteiger partial charge < -0.3 is 29.6 Å². The molecule has 8 heteroatoms. The van der Waals surface area contributed by atoms with Crippen LogP contribution in [-0.2, 0) is 9.59 Å². The van der Waals surface area contributed by atoms with E-state index in [2.05, 4.69) is 10.6 Å². The van der Waals surface area contributed by atoms with E-state index in [0.717, 1.165) is 0 Å². The Balaban J connectivity index is 1.45. The van der Waals surface area contributed by atoms with Crippen molar-refractivity contribution in [3.05, 3.63) is 36.4 Å². The van der Waals surface area contributed by atoms with Gasteiger partial charge in [0.05, 0.1) is 14.2 Å². The predicted molar refractivity (Wildman–Crippen MR) is 106 cm³/mol. The number of ether oxygens (including phenoxy) is 4. The molecule has 152 valence electrons. The minimum atomic E-state index is -1.08. The molecular formula is C21H22N2O6. The molecule has 0 unspecified atom stereocenters. The van der Waals surface area contributed by atoms with Crippen molar-refractivity contribution < 1.29 is 28.5 Å². The summed E-state index contributed by atoms with van der Waals surface area (Å²) in [5.41, 5.74) is 0.0101. The molecule has 1 aliphatic carbocycles. The number of methoxy groups -OCH3 is 2. The van der Waals surface area contributed by atoms with Crippen molar-refractivity contribution in [2.75, 3.05) is 38.1 Å². The number of nitrogens with one attached hydrogen (secondary N) is 2. The van der Waals surface area contributed by atoms with Gasteiger partial charge in [0.25, 0.3) is 0 Å². The van der Waals surface area contributed by atoms with Gasteiger partial charge in [0.2, 0.25) is 11.8 Å². The Morgan fingerprint density at radius 2 is 1.41 bits per heavy atom. The first kappa shape index (κ1) is 18.9. The van der Waals surface area contributed by atoms with Crippen molar-refractivity contribution in [2.45, 2.75) is 12.8 Å². The summed E-state index contributed by atoms with van der Waals surface area (Å²) >= 11 is 0. The lowest BCUT2D eigenvalue weighted by Crippen LogP contribution is -2.35. The quantitative estimate of drug-likeness (QED) is 0.727. The molecule has 2 aliphatic rings. The number of carbonyl (C=O) groups excluding carboxylic acids is 2. The zero-order valence-corrected chi connectivity index (χ0v) is 16.2. The number of hydrogen-bond donors (Lipinski definition) is 2. The second-order valence-electron chi connectivity index (χ2n) is 6.92. The van der Waals surface area contributed by atoms with E-state index in [4.69, 9.17) is 18.9 Å². The molecule has 1 fully saturated rings. The molecule has 8 nitrogen and oxygen atoms in total. The summed E-state index contributed by atoms with van der Waals surface area (Å²) < 4.78 is 21.5. The van der Waals surface area contributed by atoms with Gasteiger partial charge >= 0.3 is 0 Å². The Hall–Kier alpha value is -3.42. The molecule has 2 aromatic rings. The Kier molecular flexibility index (Phi) is 4.92. The Morgan fingerprint density at radius 1 is 0.828 bits per heavy atom. The molecule has 29 heavy (non-hydrogen) atoms. The molecular weight excluding hydrogens is 376 g/mol. The lowest BCUT2D eigenvalue weighted by Gasteiger charge is -2.20. The molecule has 4 rings (SSSR count). The first-order valence-electron chi connectivity index (χ1n) is 9.30. The number of rotatable bonds is 6. The van der Waals surface area contributed by atoms with Crippen LogP contribution in [0.15, 0.2) is 36.4 Å². The summed E-state index contributed by atoms with van der Waals surface area (Å²) in [4.78, 5) is 25.7. The van der Waals surface area contributed by atoms with Crippen molar-refractivity contribution in [1.82, 2.24) is 0 Å². The van der Waals surface area contributed by atoms with Crippen LogP contribution in [-0.4, -0.2) is 39.2 Å². The van der Waals surface area contributed by atoms with Crippen molar-refractivity contribution in [2.24, 2.45) is 5.41 Å². The fourth-order valence-corrected chi connectivity index (χ4v) is 3.22. The highest BCUT2D eigenvalue weighted by Crippen LogP contribution is 2.48. The molecule has 1 heterocycles. The highest BCUT2D eigenvalue weighted by atomic mass is 16.6. The molecule has 0 aromatic heterocycles. The fourth-order valence-electron chi connectivity index (χ4n) is 3.22. The summed E-state index contributed by atoms with van der Waals surface area (Å²) in [5.74, 6) is 1.58. The SMILES string of the molecule is COc1ccc(NC(=O)C2(C(=O)Nc3ccc4c(c3)OCCO4)CC2)cc1OC. The van der Waals surface area contributed by atoms with Crippen molar-refractivity contribution in [1.29, 1.82) is 0 Å². The highest BCUT2D eigenvalue weighted by molar-refractivity contribution is 6.17. The predicted octanol–water partition coefficient (Wildman–Crippen LogP) is 2.83. The Labute approximate surface area is 168 Å². The maximum atomic E-state index is 12.8. The van der Waals surface area contributed by atoms with Crippen LogP contribution in [0.4, 0.5) is 11.4 Å². The summed E-state index contributed by atoms with van der Waals surface area (Å²) in [6.45, 7) is 0.959. The first-order valence-corrected chi connectivity index (χ1v) is 9.30. The van der Waals surface area contributed by atoms with Gasteiger partial charge in [0, 0.05) is 23.5 Å². The van der Waals surface area contributed by atoms with Crippen LogP contribution in [0.2, 0.25) is 0 Å². The summed E-state index contributed by atoms with van der Waals surface area (Å²) in [7, 11) is 3.06. The Morgan fingerprint density at radius 3 is 2.03 bits per heavy atom. The third kappa shape index (κ3) is 3.65. The van der Waals surface area contributed by atoms with E-state index in [-0.39, 0.29) is 11.8 Å². The van der Waals surface area contributed by atoms with Gasteiger partial charge in [0.15, 0.2) is 23.0 Å². The number of anilines is 2.